The number of halogens is 1. The molecule has 0 spiro atoms. The molecule has 0 N–H and O–H groups in total. The summed E-state index contributed by atoms with van der Waals surface area (Å²) in [5.74, 6) is 0.0545. The number of rotatable bonds is 4. The van der Waals surface area contributed by atoms with Crippen molar-refractivity contribution in [1.82, 2.24) is 19.9 Å². The van der Waals surface area contributed by atoms with Gasteiger partial charge in [-0.1, -0.05) is 24.3 Å². The fourth-order valence-electron chi connectivity index (χ4n) is 3.58. The zero-order chi connectivity index (χ0) is 24.6. The van der Waals surface area contributed by atoms with Gasteiger partial charge in [-0.25, -0.2) is 32.6 Å². The zero-order valence-electron chi connectivity index (χ0n) is 19.1. The van der Waals surface area contributed by atoms with Gasteiger partial charge in [0.05, 0.1) is 12.3 Å². The average Bonchev–Trinajstić information content (AvgIpc) is 3.24. The maximum atomic E-state index is 16.1. The van der Waals surface area contributed by atoms with Gasteiger partial charge in [0.25, 0.3) is 5.00 Å². The van der Waals surface area contributed by atoms with Crippen molar-refractivity contribution in [3.8, 4) is 11.4 Å². The minimum absolute atomic E-state index is 0.133. The first-order chi connectivity index (χ1) is 16.0. The predicted molar refractivity (Wildman–Crippen MR) is 127 cm³/mol. The molecule has 1 fully saturated rings. The Balaban J connectivity index is 1.60. The first kappa shape index (κ1) is 24.2. The average molecular weight is 505 g/mol. The number of aromatic nitrogens is 3. The van der Waals surface area contributed by atoms with Gasteiger partial charge in [0.1, 0.15) is 10.6 Å². The lowest BCUT2D eigenvalue weighted by Gasteiger charge is -2.36. The molecule has 0 aliphatic carbocycles. The number of carbonyl (C=O) groups is 1. The highest BCUT2D eigenvalue weighted by molar-refractivity contribution is 7.92. The minimum Gasteiger partial charge on any atom is -0.444 e. The molecule has 1 unspecified atom stereocenters. The molecule has 1 saturated heterocycles. The van der Waals surface area contributed by atoms with Crippen LogP contribution in [0.4, 0.5) is 9.18 Å². The number of hydrogen-bond donors (Lipinski definition) is 0. The number of ether oxygens (including phenoxy) is 1. The highest BCUT2D eigenvalue weighted by Crippen LogP contribution is 2.40. The van der Waals surface area contributed by atoms with Crippen molar-refractivity contribution in [2.24, 2.45) is 0 Å². The summed E-state index contributed by atoms with van der Waals surface area (Å²) < 4.78 is 46.9. The molecule has 34 heavy (non-hydrogen) atoms. The summed E-state index contributed by atoms with van der Waals surface area (Å²) in [6.07, 6.45) is 4.43. The van der Waals surface area contributed by atoms with Crippen LogP contribution in [0.5, 0.6) is 0 Å². The third-order valence-corrected chi connectivity index (χ3v) is 8.52. The van der Waals surface area contributed by atoms with Gasteiger partial charge in [0.2, 0.25) is 0 Å². The Kier molecular flexibility index (Phi) is 6.43. The molecule has 1 aliphatic heterocycles. The van der Waals surface area contributed by atoms with Crippen LogP contribution in [0, 0.1) is 0 Å². The first-order valence-corrected chi connectivity index (χ1v) is 13.1. The third kappa shape index (κ3) is 4.95. The highest BCUT2D eigenvalue weighted by Gasteiger charge is 2.54. The molecule has 2 aromatic heterocycles. The summed E-state index contributed by atoms with van der Waals surface area (Å²) in [6.45, 7) is 4.29. The molecule has 1 atom stereocenters. The van der Waals surface area contributed by atoms with Gasteiger partial charge < -0.3 is 9.64 Å². The van der Waals surface area contributed by atoms with Crippen LogP contribution in [0.15, 0.2) is 48.9 Å². The number of nitrogens with zero attached hydrogens (tertiary/aromatic N) is 4. The second kappa shape index (κ2) is 9.03. The molecule has 1 amide bonds. The molecule has 3 heterocycles. The number of hydrogen-bond acceptors (Lipinski definition) is 8. The number of carbonyl (C=O) groups excluding carboxylic acids is 1. The number of sulfone groups is 1. The van der Waals surface area contributed by atoms with Gasteiger partial charge in [0.15, 0.2) is 15.7 Å². The molecule has 4 rings (SSSR count). The van der Waals surface area contributed by atoms with E-state index in [9.17, 15) is 13.2 Å². The molecule has 1 aliphatic rings. The van der Waals surface area contributed by atoms with E-state index in [0.29, 0.717) is 17.1 Å². The molecule has 3 aromatic rings. The van der Waals surface area contributed by atoms with Crippen LogP contribution in [0.25, 0.3) is 11.4 Å². The maximum Gasteiger partial charge on any atom is 0.410 e. The van der Waals surface area contributed by atoms with Crippen LogP contribution in [0.2, 0.25) is 0 Å². The Hall–Kier alpha value is -2.92. The van der Waals surface area contributed by atoms with Crippen molar-refractivity contribution in [3.63, 3.8) is 0 Å². The van der Waals surface area contributed by atoms with Crippen LogP contribution in [-0.4, -0.2) is 58.8 Å². The second-order valence-electron chi connectivity index (χ2n) is 8.99. The van der Waals surface area contributed by atoms with Gasteiger partial charge in [0, 0.05) is 42.0 Å². The van der Waals surface area contributed by atoms with Crippen molar-refractivity contribution in [2.45, 2.75) is 37.8 Å². The minimum atomic E-state index is -4.19. The summed E-state index contributed by atoms with van der Waals surface area (Å²) in [5.41, 5.74) is 0.949. The van der Waals surface area contributed by atoms with Crippen LogP contribution in [-0.2, 0) is 26.0 Å². The highest BCUT2D eigenvalue weighted by atomic mass is 32.2. The molecule has 180 valence electrons. The van der Waals surface area contributed by atoms with Crippen molar-refractivity contribution < 1.29 is 22.3 Å². The fourth-order valence-corrected chi connectivity index (χ4v) is 6.44. The van der Waals surface area contributed by atoms with E-state index in [1.54, 1.807) is 39.2 Å². The maximum absolute atomic E-state index is 16.1. The number of alkyl halides is 1. The summed E-state index contributed by atoms with van der Waals surface area (Å²) in [6, 6.07) is 9.30. The first-order valence-electron chi connectivity index (χ1n) is 10.7. The number of amides is 1. The lowest BCUT2D eigenvalue weighted by molar-refractivity contribution is 0.0169. The lowest BCUT2D eigenvalue weighted by atomic mass is 10.0. The predicted octanol–water partition coefficient (Wildman–Crippen LogP) is 3.98. The summed E-state index contributed by atoms with van der Waals surface area (Å²) in [5, 5.41) is -2.99. The van der Waals surface area contributed by atoms with E-state index >= 15 is 4.39 Å². The topological polar surface area (TPSA) is 102 Å². The molecule has 11 heteroatoms. The Bertz CT molecular complexity index is 1290. The van der Waals surface area contributed by atoms with E-state index in [0.717, 1.165) is 27.4 Å². The summed E-state index contributed by atoms with van der Waals surface area (Å²) >= 11 is 0.981. The molecular formula is C23H25FN4O4S2. The van der Waals surface area contributed by atoms with Gasteiger partial charge >= 0.3 is 6.09 Å². The molecule has 0 saturated carbocycles. The smallest absolute Gasteiger partial charge is 0.410 e. The summed E-state index contributed by atoms with van der Waals surface area (Å²) in [7, 11) is -4.19. The van der Waals surface area contributed by atoms with E-state index in [2.05, 4.69) is 15.0 Å². The van der Waals surface area contributed by atoms with E-state index in [1.165, 1.54) is 6.20 Å². The van der Waals surface area contributed by atoms with Crippen LogP contribution in [0.3, 0.4) is 0 Å². The Morgan fingerprint density at radius 1 is 1.18 bits per heavy atom. The monoisotopic (exact) mass is 504 g/mol. The zero-order valence-corrected chi connectivity index (χ0v) is 20.7. The largest absolute Gasteiger partial charge is 0.444 e. The number of benzene rings is 1. The SMILES string of the molecule is CC(C)(C)OC(=O)N1CCS(=O)(=O)C(F)(c2ncc(Cc3ccccc3-c3ncccn3)s2)C1. The van der Waals surface area contributed by atoms with Crippen molar-refractivity contribution in [2.75, 3.05) is 18.8 Å². The van der Waals surface area contributed by atoms with Crippen LogP contribution >= 0.6 is 11.3 Å². The van der Waals surface area contributed by atoms with Gasteiger partial charge in [-0.2, -0.15) is 0 Å². The Morgan fingerprint density at radius 3 is 2.59 bits per heavy atom. The van der Waals surface area contributed by atoms with E-state index in [-0.39, 0.29) is 11.6 Å². The van der Waals surface area contributed by atoms with Gasteiger partial charge in [-0.05, 0) is 32.4 Å². The summed E-state index contributed by atoms with van der Waals surface area (Å²) in [4.78, 5) is 27.0. The quantitative estimate of drug-likeness (QED) is 0.530. The third-order valence-electron chi connectivity index (χ3n) is 5.23. The Labute approximate surface area is 201 Å². The van der Waals surface area contributed by atoms with E-state index < -0.39 is 38.8 Å². The van der Waals surface area contributed by atoms with Crippen molar-refractivity contribution in [1.29, 1.82) is 0 Å². The van der Waals surface area contributed by atoms with Gasteiger partial charge in [-0.15, -0.1) is 11.3 Å². The molecule has 0 radical (unpaired) electrons. The normalized spacial score (nSPS) is 20.2. The number of thiazole rings is 1. The lowest BCUT2D eigenvalue weighted by Crippen LogP contribution is -2.54. The molecule has 0 bridgehead atoms. The fraction of sp³-hybridized carbons (Fsp3) is 0.391. The van der Waals surface area contributed by atoms with Gasteiger partial charge in [-0.3, -0.25) is 0 Å². The Morgan fingerprint density at radius 2 is 1.88 bits per heavy atom. The standard InChI is InChI=1S/C23H25FN4O4S2/c1-22(2,3)32-21(29)28-11-12-34(30,31)23(24,15-28)20-27-14-17(33-20)13-16-7-4-5-8-18(16)19-25-9-6-10-26-19/h4-10,14H,11-13,15H2,1-3H3. The van der Waals surface area contributed by atoms with E-state index in [1.807, 2.05) is 24.3 Å². The molecular weight excluding hydrogens is 479 g/mol. The van der Waals surface area contributed by atoms with Crippen LogP contribution in [0.1, 0.15) is 36.2 Å². The second-order valence-corrected chi connectivity index (χ2v) is 12.4. The molecule has 1 aromatic carbocycles. The van der Waals surface area contributed by atoms with E-state index in [4.69, 9.17) is 4.74 Å². The van der Waals surface area contributed by atoms with Crippen molar-refractivity contribution in [3.05, 3.63) is 64.4 Å². The molecule has 8 nitrogen and oxygen atoms in total. The van der Waals surface area contributed by atoms with Crippen LogP contribution < -0.4 is 0 Å². The van der Waals surface area contributed by atoms with Crippen molar-refractivity contribution >= 4 is 27.3 Å².